The second-order valence-electron chi connectivity index (χ2n) is 4.12. The quantitative estimate of drug-likeness (QED) is 0.667. The fraction of sp³-hybridized carbons (Fsp3) is 0.154. The average molecular weight is 346 g/mol. The van der Waals surface area contributed by atoms with E-state index in [1.54, 1.807) is 25.1 Å². The van der Waals surface area contributed by atoms with Gasteiger partial charge in [-0.15, -0.1) is 11.3 Å². The second-order valence-corrected chi connectivity index (χ2v) is 7.83. The van der Waals surface area contributed by atoms with Crippen molar-refractivity contribution in [3.05, 3.63) is 46.3 Å². The summed E-state index contributed by atoms with van der Waals surface area (Å²) in [6.07, 6.45) is 0. The van der Waals surface area contributed by atoms with Gasteiger partial charge in [0.25, 0.3) is 10.0 Å². The van der Waals surface area contributed by atoms with Crippen molar-refractivity contribution in [2.75, 3.05) is 6.54 Å². The van der Waals surface area contributed by atoms with E-state index < -0.39 is 22.5 Å². The van der Waals surface area contributed by atoms with Crippen molar-refractivity contribution >= 4 is 38.9 Å². The van der Waals surface area contributed by atoms with Gasteiger partial charge in [0.2, 0.25) is 0 Å². The molecule has 8 heteroatoms. The van der Waals surface area contributed by atoms with E-state index in [2.05, 4.69) is 4.72 Å². The van der Waals surface area contributed by atoms with Crippen LogP contribution in [0.4, 0.5) is 0 Å². The summed E-state index contributed by atoms with van der Waals surface area (Å²) in [7, 11) is -3.75. The summed E-state index contributed by atoms with van der Waals surface area (Å²) in [5, 5.41) is 0. The highest BCUT2D eigenvalue weighted by atomic mass is 35.5. The maximum atomic E-state index is 11.9. The number of halogens is 1. The van der Waals surface area contributed by atoms with Crippen LogP contribution in [0, 0.1) is 6.92 Å². The molecular formula is C13H12ClNO4S2. The Bertz CT molecular complexity index is 755. The Balaban J connectivity index is 1.97. The molecule has 1 aromatic carbocycles. The minimum absolute atomic E-state index is 0.0520. The molecule has 2 rings (SSSR count). The summed E-state index contributed by atoms with van der Waals surface area (Å²) in [5.41, 5.74) is 0.791. The number of carbonyl (C=O) groups is 1. The number of carbonyl (C=O) groups excluding carboxylic acids is 1. The molecule has 0 bridgehead atoms. The van der Waals surface area contributed by atoms with E-state index in [9.17, 15) is 13.2 Å². The lowest BCUT2D eigenvalue weighted by molar-refractivity contribution is -0.133. The zero-order valence-electron chi connectivity index (χ0n) is 11.0. The van der Waals surface area contributed by atoms with Crippen LogP contribution in [0.5, 0.6) is 5.75 Å². The smallest absolute Gasteiger partial charge is 0.326 e. The summed E-state index contributed by atoms with van der Waals surface area (Å²) >= 11 is 6.60. The number of hydrogen-bond acceptors (Lipinski definition) is 5. The first-order valence-electron chi connectivity index (χ1n) is 5.90. The van der Waals surface area contributed by atoms with Crippen LogP contribution in [0.1, 0.15) is 5.56 Å². The van der Waals surface area contributed by atoms with Crippen LogP contribution in [0.3, 0.4) is 0 Å². The molecule has 2 aromatic rings. The van der Waals surface area contributed by atoms with E-state index in [0.717, 1.165) is 16.9 Å². The zero-order chi connectivity index (χ0) is 15.5. The van der Waals surface area contributed by atoms with Gasteiger partial charge in [0.15, 0.2) is 0 Å². The number of sulfonamides is 1. The number of ether oxygens (including phenoxy) is 1. The van der Waals surface area contributed by atoms with Crippen LogP contribution < -0.4 is 9.46 Å². The predicted molar refractivity (Wildman–Crippen MR) is 81.3 cm³/mol. The molecule has 1 aromatic heterocycles. The number of aryl methyl sites for hydroxylation is 1. The van der Waals surface area contributed by atoms with Gasteiger partial charge in [0, 0.05) is 0 Å². The van der Waals surface area contributed by atoms with Gasteiger partial charge in [-0.25, -0.2) is 8.42 Å². The van der Waals surface area contributed by atoms with Crippen molar-refractivity contribution < 1.29 is 17.9 Å². The van der Waals surface area contributed by atoms with Crippen LogP contribution in [0.25, 0.3) is 0 Å². The van der Waals surface area contributed by atoms with Gasteiger partial charge in [-0.05, 0) is 30.7 Å². The first-order chi connectivity index (χ1) is 9.88. The van der Waals surface area contributed by atoms with Crippen LogP contribution in [-0.2, 0) is 14.8 Å². The summed E-state index contributed by atoms with van der Waals surface area (Å²) in [6.45, 7) is 1.34. The van der Waals surface area contributed by atoms with Crippen LogP contribution in [0.15, 0.2) is 40.6 Å². The predicted octanol–water partition coefficient (Wildman–Crippen LogP) is 2.59. The fourth-order valence-corrected chi connectivity index (χ4v) is 3.99. The van der Waals surface area contributed by atoms with Crippen LogP contribution in [0.2, 0.25) is 4.34 Å². The molecule has 0 spiro atoms. The number of rotatable bonds is 5. The summed E-state index contributed by atoms with van der Waals surface area (Å²) in [4.78, 5) is 11.7. The van der Waals surface area contributed by atoms with Gasteiger partial charge in [-0.3, -0.25) is 4.79 Å². The molecule has 0 aliphatic heterocycles. The molecule has 112 valence electrons. The Labute approximate surface area is 131 Å². The second kappa shape index (κ2) is 6.57. The minimum atomic E-state index is -3.75. The standard InChI is InChI=1S/C13H12ClNO4S2/c1-9-4-2-3-5-10(9)19-12(16)8-15-21(17,18)13-7-6-11(14)20-13/h2-7,15H,8H2,1H3. The summed E-state index contributed by atoms with van der Waals surface area (Å²) in [5.74, 6) is -0.281. The first-order valence-corrected chi connectivity index (χ1v) is 8.57. The van der Waals surface area contributed by atoms with Gasteiger partial charge >= 0.3 is 5.97 Å². The van der Waals surface area contributed by atoms with Crippen molar-refractivity contribution in [2.24, 2.45) is 0 Å². The monoisotopic (exact) mass is 345 g/mol. The molecule has 21 heavy (non-hydrogen) atoms. The van der Waals surface area contributed by atoms with E-state index in [1.807, 2.05) is 6.07 Å². The first kappa shape index (κ1) is 16.0. The summed E-state index contributed by atoms with van der Waals surface area (Å²) in [6, 6.07) is 9.83. The van der Waals surface area contributed by atoms with Gasteiger partial charge in [-0.1, -0.05) is 29.8 Å². The van der Waals surface area contributed by atoms with E-state index >= 15 is 0 Å². The number of para-hydroxylation sites is 1. The lowest BCUT2D eigenvalue weighted by Gasteiger charge is -2.07. The molecule has 0 fully saturated rings. The summed E-state index contributed by atoms with van der Waals surface area (Å²) < 4.78 is 31.5. The van der Waals surface area contributed by atoms with Crippen LogP contribution >= 0.6 is 22.9 Å². The SMILES string of the molecule is Cc1ccccc1OC(=O)CNS(=O)(=O)c1ccc(Cl)s1. The lowest BCUT2D eigenvalue weighted by Crippen LogP contribution is -2.31. The van der Waals surface area contributed by atoms with Crippen molar-refractivity contribution in [1.82, 2.24) is 4.72 Å². The number of esters is 1. The van der Waals surface area contributed by atoms with E-state index in [4.69, 9.17) is 16.3 Å². The molecule has 0 saturated carbocycles. The molecule has 0 saturated heterocycles. The Morgan fingerprint density at radius 3 is 2.62 bits per heavy atom. The van der Waals surface area contributed by atoms with Crippen molar-refractivity contribution in [2.45, 2.75) is 11.1 Å². The molecule has 0 radical (unpaired) electrons. The highest BCUT2D eigenvalue weighted by Gasteiger charge is 2.18. The molecule has 1 heterocycles. The lowest BCUT2D eigenvalue weighted by atomic mass is 10.2. The minimum Gasteiger partial charge on any atom is -0.425 e. The van der Waals surface area contributed by atoms with Gasteiger partial charge in [0.05, 0.1) is 4.34 Å². The fourth-order valence-electron chi connectivity index (χ4n) is 1.50. The third-order valence-corrected chi connectivity index (χ3v) is 5.66. The average Bonchev–Trinajstić information content (AvgIpc) is 2.87. The van der Waals surface area contributed by atoms with Gasteiger partial charge < -0.3 is 4.74 Å². The zero-order valence-corrected chi connectivity index (χ0v) is 13.4. The van der Waals surface area contributed by atoms with Crippen LogP contribution in [-0.4, -0.2) is 20.9 Å². The number of hydrogen-bond donors (Lipinski definition) is 1. The Morgan fingerprint density at radius 2 is 2.00 bits per heavy atom. The molecule has 1 N–H and O–H groups in total. The Kier molecular flexibility index (Phi) is 5.00. The number of nitrogens with one attached hydrogen (secondary N) is 1. The molecule has 0 unspecified atom stereocenters. The maximum Gasteiger partial charge on any atom is 0.326 e. The highest BCUT2D eigenvalue weighted by Crippen LogP contribution is 2.25. The Hall–Kier alpha value is -1.41. The van der Waals surface area contributed by atoms with E-state index in [-0.39, 0.29) is 4.21 Å². The van der Waals surface area contributed by atoms with Gasteiger partial charge in [0.1, 0.15) is 16.5 Å². The number of benzene rings is 1. The Morgan fingerprint density at radius 1 is 1.29 bits per heavy atom. The molecule has 5 nitrogen and oxygen atoms in total. The molecule has 0 aliphatic carbocycles. The molecule has 0 aliphatic rings. The maximum absolute atomic E-state index is 11.9. The highest BCUT2D eigenvalue weighted by molar-refractivity contribution is 7.91. The van der Waals surface area contributed by atoms with Crippen molar-refractivity contribution in [3.63, 3.8) is 0 Å². The third-order valence-electron chi connectivity index (χ3n) is 2.54. The molecule has 0 amide bonds. The molecular weight excluding hydrogens is 334 g/mol. The van der Waals surface area contributed by atoms with Crippen molar-refractivity contribution in [1.29, 1.82) is 0 Å². The van der Waals surface area contributed by atoms with E-state index in [0.29, 0.717) is 10.1 Å². The van der Waals surface area contributed by atoms with E-state index in [1.165, 1.54) is 12.1 Å². The topological polar surface area (TPSA) is 72.5 Å². The normalized spacial score (nSPS) is 11.3. The number of thiophene rings is 1. The van der Waals surface area contributed by atoms with Crippen molar-refractivity contribution in [3.8, 4) is 5.75 Å². The largest absolute Gasteiger partial charge is 0.425 e. The molecule has 0 atom stereocenters. The van der Waals surface area contributed by atoms with Gasteiger partial charge in [-0.2, -0.15) is 4.72 Å². The third kappa shape index (κ3) is 4.28.